The smallest absolute Gasteiger partial charge is 0.254 e. The largest absolute Gasteiger partial charge is 0.365 e. The Morgan fingerprint density at radius 2 is 2.21 bits per heavy atom. The second-order valence-electron chi connectivity index (χ2n) is 6.70. The monoisotopic (exact) mass is 370 g/mol. The molecule has 0 unspecified atom stereocenters. The number of halogens is 1. The highest BCUT2D eigenvalue weighted by molar-refractivity contribution is 7.90. The van der Waals surface area contributed by atoms with Gasteiger partial charge in [-0.25, -0.2) is 8.42 Å². The van der Waals surface area contributed by atoms with Gasteiger partial charge in [-0.05, 0) is 24.6 Å². The number of hydrogen-bond acceptors (Lipinski definition) is 4. The third-order valence-corrected chi connectivity index (χ3v) is 7.91. The summed E-state index contributed by atoms with van der Waals surface area (Å²) in [5, 5.41) is -0.0409. The summed E-state index contributed by atoms with van der Waals surface area (Å²) < 4.78 is 32.9. The molecule has 0 N–H and O–H groups in total. The molecule has 0 aromatic heterocycles. The number of amides is 1. The van der Waals surface area contributed by atoms with E-state index >= 15 is 0 Å². The lowest BCUT2D eigenvalue weighted by Crippen LogP contribution is -2.56. The van der Waals surface area contributed by atoms with Crippen molar-refractivity contribution >= 4 is 27.5 Å². The van der Waals surface area contributed by atoms with Gasteiger partial charge in [0, 0.05) is 30.2 Å². The molecule has 3 atom stereocenters. The zero-order valence-electron chi connectivity index (χ0n) is 13.3. The van der Waals surface area contributed by atoms with Gasteiger partial charge in [0.05, 0.1) is 12.6 Å². The first-order valence-electron chi connectivity index (χ1n) is 8.07. The lowest BCUT2D eigenvalue weighted by atomic mass is 9.99. The summed E-state index contributed by atoms with van der Waals surface area (Å²) in [6.45, 7) is 3.30. The number of likely N-dealkylation sites (N-methyl/N-ethyl adjacent to an activating group) is 1. The number of nitrogens with zero attached hydrogens (tertiary/aromatic N) is 2. The Morgan fingerprint density at radius 3 is 2.92 bits per heavy atom. The van der Waals surface area contributed by atoms with E-state index in [1.54, 1.807) is 29.2 Å². The Morgan fingerprint density at radius 1 is 1.42 bits per heavy atom. The second-order valence-corrected chi connectivity index (χ2v) is 9.25. The molecule has 1 aromatic carbocycles. The van der Waals surface area contributed by atoms with Gasteiger partial charge in [-0.2, -0.15) is 4.31 Å². The van der Waals surface area contributed by atoms with Crippen LogP contribution in [0.5, 0.6) is 0 Å². The van der Waals surface area contributed by atoms with Gasteiger partial charge in [-0.3, -0.25) is 4.79 Å². The molecule has 1 spiro atoms. The Kier molecular flexibility index (Phi) is 3.69. The molecule has 0 aliphatic carbocycles. The molecule has 3 fully saturated rings. The van der Waals surface area contributed by atoms with Crippen molar-refractivity contribution in [3.63, 3.8) is 0 Å². The first kappa shape index (κ1) is 16.3. The van der Waals surface area contributed by atoms with Crippen molar-refractivity contribution in [1.82, 2.24) is 9.21 Å². The molecular weight excluding hydrogens is 352 g/mol. The van der Waals surface area contributed by atoms with Crippen LogP contribution in [0.4, 0.5) is 0 Å². The summed E-state index contributed by atoms with van der Waals surface area (Å²) >= 11 is 5.98. The fraction of sp³-hybridized carbons (Fsp3) is 0.562. The van der Waals surface area contributed by atoms with Crippen molar-refractivity contribution in [2.75, 3.05) is 26.2 Å². The van der Waals surface area contributed by atoms with Gasteiger partial charge in [-0.1, -0.05) is 24.6 Å². The van der Waals surface area contributed by atoms with Crippen LogP contribution in [0, 0.1) is 0 Å². The first-order chi connectivity index (χ1) is 11.4. The number of likely N-dealkylation sites (tertiary alicyclic amines) is 1. The van der Waals surface area contributed by atoms with Crippen LogP contribution in [0.1, 0.15) is 23.7 Å². The Hall–Kier alpha value is -1.15. The van der Waals surface area contributed by atoms with Gasteiger partial charge in [0.2, 0.25) is 10.0 Å². The highest BCUT2D eigenvalue weighted by atomic mass is 35.5. The maximum Gasteiger partial charge on any atom is 0.254 e. The van der Waals surface area contributed by atoms with E-state index in [0.717, 1.165) is 0 Å². The minimum absolute atomic E-state index is 0.127. The van der Waals surface area contributed by atoms with E-state index in [4.69, 9.17) is 16.3 Å². The molecule has 4 rings (SSSR count). The van der Waals surface area contributed by atoms with Gasteiger partial charge >= 0.3 is 0 Å². The standard InChI is InChI=1S/C16H19ClN2O4S/c1-2-19-10-16-9-18(15(20)11-4-3-5-12(17)6-11)8-13(23-16)7-14(16)24(19,21)22/h3-6,13-14H,2,7-10H2,1H3/t13-,14+,16+/m1/s1. The van der Waals surface area contributed by atoms with Crippen LogP contribution in [0.3, 0.4) is 0 Å². The predicted molar refractivity (Wildman–Crippen MR) is 89.5 cm³/mol. The van der Waals surface area contributed by atoms with E-state index in [-0.39, 0.29) is 12.0 Å². The zero-order chi connectivity index (χ0) is 17.1. The van der Waals surface area contributed by atoms with E-state index in [0.29, 0.717) is 43.2 Å². The molecule has 0 radical (unpaired) electrons. The highest BCUT2D eigenvalue weighted by Gasteiger charge is 2.65. The number of ether oxygens (including phenoxy) is 1. The highest BCUT2D eigenvalue weighted by Crippen LogP contribution is 2.46. The number of carbonyl (C=O) groups is 1. The molecule has 8 heteroatoms. The van der Waals surface area contributed by atoms with E-state index in [2.05, 4.69) is 0 Å². The summed E-state index contributed by atoms with van der Waals surface area (Å²) in [5.74, 6) is -0.127. The molecule has 24 heavy (non-hydrogen) atoms. The van der Waals surface area contributed by atoms with Crippen molar-refractivity contribution in [2.45, 2.75) is 30.3 Å². The lowest BCUT2D eigenvalue weighted by molar-refractivity contribution is -0.0974. The molecule has 130 valence electrons. The molecular formula is C16H19ClN2O4S. The number of benzene rings is 1. The van der Waals surface area contributed by atoms with Crippen molar-refractivity contribution in [1.29, 1.82) is 0 Å². The Labute approximate surface area is 146 Å². The molecule has 3 saturated heterocycles. The van der Waals surface area contributed by atoms with Crippen LogP contribution in [-0.4, -0.2) is 66.7 Å². The molecule has 0 saturated carbocycles. The second kappa shape index (κ2) is 5.42. The van der Waals surface area contributed by atoms with Gasteiger partial charge in [0.25, 0.3) is 5.91 Å². The van der Waals surface area contributed by atoms with Crippen LogP contribution in [0.2, 0.25) is 5.02 Å². The first-order valence-corrected chi connectivity index (χ1v) is 9.95. The number of rotatable bonds is 2. The van der Waals surface area contributed by atoms with Crippen molar-refractivity contribution < 1.29 is 17.9 Å². The summed E-state index contributed by atoms with van der Waals surface area (Å²) in [6.07, 6.45) is 0.235. The third-order valence-electron chi connectivity index (χ3n) is 5.22. The zero-order valence-corrected chi connectivity index (χ0v) is 14.9. The van der Waals surface area contributed by atoms with Crippen LogP contribution < -0.4 is 0 Å². The normalized spacial score (nSPS) is 34.3. The summed E-state index contributed by atoms with van der Waals surface area (Å²) in [6, 6.07) is 6.83. The number of fused-ring (bicyclic) bond motifs is 1. The maximum atomic E-state index is 12.8. The molecule has 3 aliphatic heterocycles. The van der Waals surface area contributed by atoms with Crippen LogP contribution in [-0.2, 0) is 14.8 Å². The molecule has 1 amide bonds. The van der Waals surface area contributed by atoms with Gasteiger partial charge < -0.3 is 9.64 Å². The average Bonchev–Trinajstić information content (AvgIpc) is 2.92. The van der Waals surface area contributed by atoms with Gasteiger partial charge in [0.1, 0.15) is 10.9 Å². The quantitative estimate of drug-likeness (QED) is 0.788. The SMILES string of the molecule is CCN1C[C@@]23CN(C(=O)c4cccc(Cl)c4)C[C@@H](C[C@@H]2S1(=O)=O)O3. The summed E-state index contributed by atoms with van der Waals surface area (Å²) in [7, 11) is -3.35. The molecule has 3 heterocycles. The molecule has 1 aromatic rings. The Bertz CT molecular complexity index is 799. The summed E-state index contributed by atoms with van der Waals surface area (Å²) in [5.41, 5.74) is -0.281. The van der Waals surface area contributed by atoms with E-state index in [1.165, 1.54) is 4.31 Å². The average molecular weight is 371 g/mol. The fourth-order valence-corrected chi connectivity index (χ4v) is 6.71. The molecule has 2 bridgehead atoms. The van der Waals surface area contributed by atoms with Gasteiger partial charge in [0.15, 0.2) is 0 Å². The molecule has 3 aliphatic rings. The van der Waals surface area contributed by atoms with Crippen LogP contribution in [0.15, 0.2) is 24.3 Å². The molecule has 6 nitrogen and oxygen atoms in total. The van der Waals surface area contributed by atoms with Crippen molar-refractivity contribution in [3.8, 4) is 0 Å². The van der Waals surface area contributed by atoms with Crippen molar-refractivity contribution in [2.24, 2.45) is 0 Å². The van der Waals surface area contributed by atoms with E-state index in [1.807, 2.05) is 6.92 Å². The van der Waals surface area contributed by atoms with E-state index in [9.17, 15) is 13.2 Å². The lowest BCUT2D eigenvalue weighted by Gasteiger charge is -2.39. The topological polar surface area (TPSA) is 66.9 Å². The fourth-order valence-electron chi connectivity index (χ4n) is 4.19. The number of hydrogen-bond donors (Lipinski definition) is 0. The van der Waals surface area contributed by atoms with E-state index < -0.39 is 20.9 Å². The van der Waals surface area contributed by atoms with Crippen molar-refractivity contribution in [3.05, 3.63) is 34.9 Å². The third kappa shape index (κ3) is 2.29. The number of carbonyl (C=O) groups excluding carboxylic acids is 1. The minimum atomic E-state index is -3.35. The summed E-state index contributed by atoms with van der Waals surface area (Å²) in [4.78, 5) is 14.5. The predicted octanol–water partition coefficient (Wildman–Crippen LogP) is 1.36. The van der Waals surface area contributed by atoms with Crippen LogP contribution >= 0.6 is 11.6 Å². The van der Waals surface area contributed by atoms with Gasteiger partial charge in [-0.15, -0.1) is 0 Å². The minimum Gasteiger partial charge on any atom is -0.365 e. The maximum absolute atomic E-state index is 12.8. The Balaban J connectivity index is 1.64. The van der Waals surface area contributed by atoms with Crippen LogP contribution in [0.25, 0.3) is 0 Å². The number of morpholine rings is 1. The number of sulfonamides is 1.